The average Bonchev–Trinajstić information content (AvgIpc) is 2.45. The number of nitrogens with zero attached hydrogens (tertiary/aromatic N) is 1. The minimum atomic E-state index is -3.40. The van der Waals surface area contributed by atoms with Gasteiger partial charge in [-0.05, 0) is 30.7 Å². The Morgan fingerprint density at radius 2 is 1.85 bits per heavy atom. The molecule has 1 aromatic rings. The van der Waals surface area contributed by atoms with Gasteiger partial charge >= 0.3 is 0 Å². The summed E-state index contributed by atoms with van der Waals surface area (Å²) in [5.41, 5.74) is 6.06. The lowest BCUT2D eigenvalue weighted by atomic mass is 10.2. The van der Waals surface area contributed by atoms with Gasteiger partial charge in [-0.25, -0.2) is 12.7 Å². The lowest BCUT2D eigenvalue weighted by molar-refractivity contribution is 0.454. The maximum Gasteiger partial charge on any atom is 0.242 e. The van der Waals surface area contributed by atoms with Crippen LogP contribution >= 0.6 is 0 Å². The first kappa shape index (κ1) is 16.7. The Labute approximate surface area is 122 Å². The van der Waals surface area contributed by atoms with E-state index in [0.717, 1.165) is 24.8 Å². The second kappa shape index (κ2) is 8.05. The molecule has 0 heterocycles. The van der Waals surface area contributed by atoms with E-state index in [-0.39, 0.29) is 0 Å². The number of nitrogens with two attached hydrogens (primary N) is 1. The molecule has 0 aliphatic rings. The van der Waals surface area contributed by atoms with Gasteiger partial charge in [-0.3, -0.25) is 0 Å². The highest BCUT2D eigenvalue weighted by molar-refractivity contribution is 7.89. The smallest absolute Gasteiger partial charge is 0.242 e. The van der Waals surface area contributed by atoms with Gasteiger partial charge in [0.1, 0.15) is 0 Å². The molecule has 0 fully saturated rings. The van der Waals surface area contributed by atoms with Crippen LogP contribution in [0.15, 0.2) is 29.2 Å². The highest BCUT2D eigenvalue weighted by atomic mass is 32.2. The largest absolute Gasteiger partial charge is 0.320 e. The standard InChI is InChI=1S/C15H22N2O2S/c1-3-4-5-13-17(2)20(18,19)15-10-8-14(9-11-15)7-6-12-16/h8-11H,3-5,12-13,16H2,1-2H3. The van der Waals surface area contributed by atoms with Gasteiger partial charge < -0.3 is 5.73 Å². The van der Waals surface area contributed by atoms with Crippen molar-refractivity contribution in [2.75, 3.05) is 20.1 Å². The predicted octanol–water partition coefficient (Wildman–Crippen LogP) is 1.81. The van der Waals surface area contributed by atoms with Gasteiger partial charge in [0, 0.05) is 19.2 Å². The number of benzene rings is 1. The predicted molar refractivity (Wildman–Crippen MR) is 81.7 cm³/mol. The molecule has 2 N–H and O–H groups in total. The Morgan fingerprint density at radius 3 is 2.40 bits per heavy atom. The van der Waals surface area contributed by atoms with Gasteiger partial charge in [0.2, 0.25) is 10.0 Å². The molecule has 0 aliphatic heterocycles. The van der Waals surface area contributed by atoms with E-state index < -0.39 is 10.0 Å². The molecule has 0 unspecified atom stereocenters. The van der Waals surface area contributed by atoms with Crippen LogP contribution in [0.2, 0.25) is 0 Å². The van der Waals surface area contributed by atoms with Crippen molar-refractivity contribution in [2.45, 2.75) is 31.1 Å². The second-order valence-electron chi connectivity index (χ2n) is 4.56. The van der Waals surface area contributed by atoms with Crippen molar-refractivity contribution in [1.82, 2.24) is 4.31 Å². The van der Waals surface area contributed by atoms with Crippen molar-refractivity contribution >= 4 is 10.0 Å². The number of rotatable bonds is 6. The maximum atomic E-state index is 12.3. The molecule has 0 saturated heterocycles. The summed E-state index contributed by atoms with van der Waals surface area (Å²) >= 11 is 0. The molecule has 0 bridgehead atoms. The Morgan fingerprint density at radius 1 is 1.20 bits per heavy atom. The third-order valence-electron chi connectivity index (χ3n) is 2.97. The molecule has 0 amide bonds. The summed E-state index contributed by atoms with van der Waals surface area (Å²) in [6, 6.07) is 6.59. The average molecular weight is 294 g/mol. The van der Waals surface area contributed by atoms with Crippen LogP contribution in [-0.2, 0) is 10.0 Å². The zero-order valence-electron chi connectivity index (χ0n) is 12.1. The molecule has 0 aromatic heterocycles. The van der Waals surface area contributed by atoms with Gasteiger partial charge in [-0.1, -0.05) is 31.6 Å². The highest BCUT2D eigenvalue weighted by Gasteiger charge is 2.19. The van der Waals surface area contributed by atoms with Gasteiger partial charge in [-0.2, -0.15) is 0 Å². The quantitative estimate of drug-likeness (QED) is 0.643. The molecule has 4 nitrogen and oxygen atoms in total. The van der Waals surface area contributed by atoms with Crippen LogP contribution in [-0.4, -0.2) is 32.9 Å². The molecule has 0 atom stereocenters. The fourth-order valence-corrected chi connectivity index (χ4v) is 2.96. The highest BCUT2D eigenvalue weighted by Crippen LogP contribution is 2.15. The van der Waals surface area contributed by atoms with Crippen molar-refractivity contribution in [1.29, 1.82) is 0 Å². The van der Waals surface area contributed by atoms with E-state index >= 15 is 0 Å². The van der Waals surface area contributed by atoms with Gasteiger partial charge in [0.15, 0.2) is 0 Å². The minimum absolute atomic E-state index is 0.292. The summed E-state index contributed by atoms with van der Waals surface area (Å²) in [6.45, 7) is 2.93. The van der Waals surface area contributed by atoms with Crippen molar-refractivity contribution < 1.29 is 8.42 Å². The van der Waals surface area contributed by atoms with Gasteiger partial charge in [0.05, 0.1) is 11.4 Å². The van der Waals surface area contributed by atoms with E-state index in [2.05, 4.69) is 18.8 Å². The van der Waals surface area contributed by atoms with Crippen LogP contribution in [0.1, 0.15) is 31.7 Å². The molecule has 1 aromatic carbocycles. The molecule has 0 spiro atoms. The summed E-state index contributed by atoms with van der Waals surface area (Å²) in [4.78, 5) is 0.301. The maximum absolute atomic E-state index is 12.3. The number of hydrogen-bond acceptors (Lipinski definition) is 3. The Balaban J connectivity index is 2.81. The van der Waals surface area contributed by atoms with E-state index in [4.69, 9.17) is 5.73 Å². The topological polar surface area (TPSA) is 63.4 Å². The van der Waals surface area contributed by atoms with E-state index in [9.17, 15) is 8.42 Å². The lowest BCUT2D eigenvalue weighted by Crippen LogP contribution is -2.27. The summed E-state index contributed by atoms with van der Waals surface area (Å²) in [7, 11) is -1.78. The fraction of sp³-hybridized carbons (Fsp3) is 0.467. The Bertz CT molecular complexity index is 568. The van der Waals surface area contributed by atoms with E-state index in [0.29, 0.717) is 18.0 Å². The molecule has 0 aliphatic carbocycles. The number of unbranched alkanes of at least 4 members (excludes halogenated alkanes) is 2. The first-order chi connectivity index (χ1) is 9.52. The molecule has 0 radical (unpaired) electrons. The monoisotopic (exact) mass is 294 g/mol. The Hall–Kier alpha value is -1.35. The van der Waals surface area contributed by atoms with Gasteiger partial charge in [0.25, 0.3) is 0 Å². The van der Waals surface area contributed by atoms with Crippen molar-refractivity contribution in [3.05, 3.63) is 29.8 Å². The molecule has 5 heteroatoms. The Kier molecular flexibility index (Phi) is 6.73. The van der Waals surface area contributed by atoms with Crippen LogP contribution < -0.4 is 5.73 Å². The normalized spacial score (nSPS) is 11.2. The summed E-state index contributed by atoms with van der Waals surface area (Å²) < 4.78 is 26.0. The van der Waals surface area contributed by atoms with Crippen molar-refractivity contribution in [3.63, 3.8) is 0 Å². The van der Waals surface area contributed by atoms with E-state index in [1.54, 1.807) is 31.3 Å². The fourth-order valence-electron chi connectivity index (χ4n) is 1.75. The van der Waals surface area contributed by atoms with Crippen LogP contribution in [0.25, 0.3) is 0 Å². The molecule has 0 saturated carbocycles. The number of hydrogen-bond donors (Lipinski definition) is 1. The zero-order chi connectivity index (χ0) is 15.0. The number of sulfonamides is 1. The SMILES string of the molecule is CCCCCN(C)S(=O)(=O)c1ccc(C#CCN)cc1. The van der Waals surface area contributed by atoms with Crippen LogP contribution in [0.3, 0.4) is 0 Å². The molecule has 20 heavy (non-hydrogen) atoms. The van der Waals surface area contributed by atoms with Crippen LogP contribution in [0.4, 0.5) is 0 Å². The van der Waals surface area contributed by atoms with Crippen LogP contribution in [0.5, 0.6) is 0 Å². The molecule has 110 valence electrons. The van der Waals surface area contributed by atoms with Gasteiger partial charge in [-0.15, -0.1) is 0 Å². The lowest BCUT2D eigenvalue weighted by Gasteiger charge is -2.17. The van der Waals surface area contributed by atoms with E-state index in [1.165, 1.54) is 4.31 Å². The first-order valence-corrected chi connectivity index (χ1v) is 8.21. The second-order valence-corrected chi connectivity index (χ2v) is 6.61. The van der Waals surface area contributed by atoms with Crippen molar-refractivity contribution in [3.8, 4) is 11.8 Å². The third-order valence-corrected chi connectivity index (χ3v) is 4.84. The molecule has 1 rings (SSSR count). The molecular weight excluding hydrogens is 272 g/mol. The van der Waals surface area contributed by atoms with Crippen molar-refractivity contribution in [2.24, 2.45) is 5.73 Å². The molecular formula is C15H22N2O2S. The van der Waals surface area contributed by atoms with E-state index in [1.807, 2.05) is 0 Å². The first-order valence-electron chi connectivity index (χ1n) is 6.77. The zero-order valence-corrected chi connectivity index (χ0v) is 12.9. The summed E-state index contributed by atoms with van der Waals surface area (Å²) in [5, 5.41) is 0. The summed E-state index contributed by atoms with van der Waals surface area (Å²) in [6.07, 6.45) is 2.99. The van der Waals surface area contributed by atoms with Crippen LogP contribution in [0, 0.1) is 11.8 Å². The minimum Gasteiger partial charge on any atom is -0.320 e. The third kappa shape index (κ3) is 4.64. The summed E-state index contributed by atoms with van der Waals surface area (Å²) in [5.74, 6) is 5.61.